The Hall–Kier alpha value is -1.21. The molecule has 0 aromatic heterocycles. The van der Waals surface area contributed by atoms with Crippen LogP contribution in [0.1, 0.15) is 47.0 Å². The van der Waals surface area contributed by atoms with E-state index in [0.717, 1.165) is 31.4 Å². The lowest BCUT2D eigenvalue weighted by Gasteiger charge is -2.36. The number of carbonyl (C=O) groups excluding carboxylic acids is 1. The first-order chi connectivity index (χ1) is 7.85. The first-order valence-corrected chi connectivity index (χ1v) is 6.21. The van der Waals surface area contributed by atoms with Crippen molar-refractivity contribution in [3.05, 3.63) is 17.9 Å². The molecular weight excluding hydrogens is 214 g/mol. The fourth-order valence-corrected chi connectivity index (χ4v) is 2.04. The van der Waals surface area contributed by atoms with E-state index in [0.29, 0.717) is 0 Å². The maximum Gasteiger partial charge on any atom is 0.410 e. The van der Waals surface area contributed by atoms with Gasteiger partial charge in [0.15, 0.2) is 0 Å². The van der Waals surface area contributed by atoms with Crippen molar-refractivity contribution in [1.82, 2.24) is 4.90 Å². The number of amides is 1. The van der Waals surface area contributed by atoms with Gasteiger partial charge in [-0.1, -0.05) is 6.58 Å². The summed E-state index contributed by atoms with van der Waals surface area (Å²) in [6.07, 6.45) is 2.94. The van der Waals surface area contributed by atoms with Gasteiger partial charge in [-0.3, -0.25) is 0 Å². The van der Waals surface area contributed by atoms with Crippen LogP contribution in [-0.2, 0) is 4.74 Å². The van der Waals surface area contributed by atoms with Crippen molar-refractivity contribution in [3.63, 3.8) is 0 Å². The van der Waals surface area contributed by atoms with Crippen molar-refractivity contribution in [3.8, 4) is 0 Å². The molecule has 1 aliphatic heterocycles. The quantitative estimate of drug-likeness (QED) is 0.653. The zero-order valence-corrected chi connectivity index (χ0v) is 11.4. The highest BCUT2D eigenvalue weighted by molar-refractivity contribution is 5.69. The van der Waals surface area contributed by atoms with E-state index < -0.39 is 5.60 Å². The normalized spacial score (nSPS) is 20.7. The van der Waals surface area contributed by atoms with Crippen molar-refractivity contribution in [1.29, 1.82) is 0 Å². The van der Waals surface area contributed by atoms with Gasteiger partial charge >= 0.3 is 6.09 Å². The Balaban J connectivity index is 2.78. The predicted molar refractivity (Wildman–Crippen MR) is 68.9 cm³/mol. The number of ether oxygens (including phenoxy) is 1. The van der Waals surface area contributed by atoms with E-state index in [2.05, 4.69) is 12.3 Å². The molecule has 3 nitrogen and oxygen atoms in total. The van der Waals surface area contributed by atoms with Gasteiger partial charge in [-0.05, 0) is 52.5 Å². The summed E-state index contributed by atoms with van der Waals surface area (Å²) in [6.45, 7) is 12.1. The van der Waals surface area contributed by atoms with Crippen LogP contribution in [0.4, 0.5) is 4.79 Å². The number of piperidine rings is 1. The number of rotatable bonds is 1. The maximum absolute atomic E-state index is 12.1. The standard InChI is InChI=1S/C14H23NO2/c1-6-11(2)12-9-7-8-10-15(12)13(16)17-14(3,4)5/h12H,1,7-10H2,2-5H3. The monoisotopic (exact) mass is 237 g/mol. The average molecular weight is 237 g/mol. The van der Waals surface area contributed by atoms with Gasteiger partial charge in [-0.15, -0.1) is 5.73 Å². The molecule has 1 amide bonds. The smallest absolute Gasteiger partial charge is 0.410 e. The van der Waals surface area contributed by atoms with Gasteiger partial charge in [-0.2, -0.15) is 0 Å². The second-order valence-electron chi connectivity index (χ2n) is 5.55. The van der Waals surface area contributed by atoms with E-state index in [1.54, 1.807) is 0 Å². The molecule has 0 spiro atoms. The number of carbonyl (C=O) groups is 1. The summed E-state index contributed by atoms with van der Waals surface area (Å²) in [5.41, 5.74) is 3.48. The molecule has 1 heterocycles. The molecule has 0 saturated carbocycles. The lowest BCUT2D eigenvalue weighted by molar-refractivity contribution is 0.0138. The molecule has 1 aliphatic rings. The summed E-state index contributed by atoms with van der Waals surface area (Å²) in [6, 6.07) is 0.107. The lowest BCUT2D eigenvalue weighted by atomic mass is 9.97. The predicted octanol–water partition coefficient (Wildman–Crippen LogP) is 3.51. The van der Waals surface area contributed by atoms with Crippen LogP contribution in [0, 0.1) is 0 Å². The Bertz CT molecular complexity index is 335. The molecule has 1 saturated heterocycles. The van der Waals surface area contributed by atoms with Gasteiger partial charge in [0.1, 0.15) is 5.60 Å². The molecule has 0 N–H and O–H groups in total. The first kappa shape index (κ1) is 13.9. The third kappa shape index (κ3) is 3.94. The minimum absolute atomic E-state index is 0.107. The van der Waals surface area contributed by atoms with E-state index in [1.165, 1.54) is 0 Å². The third-order valence-electron chi connectivity index (χ3n) is 2.91. The largest absolute Gasteiger partial charge is 0.444 e. The Morgan fingerprint density at radius 2 is 2.06 bits per heavy atom. The van der Waals surface area contributed by atoms with Gasteiger partial charge in [0, 0.05) is 6.54 Å². The van der Waals surface area contributed by atoms with Crippen molar-refractivity contribution >= 4 is 6.09 Å². The lowest BCUT2D eigenvalue weighted by Crippen LogP contribution is -2.46. The molecule has 0 aromatic carbocycles. The second-order valence-corrected chi connectivity index (χ2v) is 5.55. The molecule has 1 fully saturated rings. The fraction of sp³-hybridized carbons (Fsp3) is 0.714. The molecular formula is C14H23NO2. The van der Waals surface area contributed by atoms with Crippen LogP contribution in [0.3, 0.4) is 0 Å². The van der Waals surface area contributed by atoms with E-state index in [-0.39, 0.29) is 12.1 Å². The maximum atomic E-state index is 12.1. The molecule has 17 heavy (non-hydrogen) atoms. The van der Waals surface area contributed by atoms with E-state index in [4.69, 9.17) is 4.74 Å². The summed E-state index contributed by atoms with van der Waals surface area (Å²) in [4.78, 5) is 13.9. The highest BCUT2D eigenvalue weighted by Gasteiger charge is 2.31. The zero-order chi connectivity index (χ0) is 13.1. The third-order valence-corrected chi connectivity index (χ3v) is 2.91. The Kier molecular flexibility index (Phi) is 4.41. The van der Waals surface area contributed by atoms with Crippen LogP contribution in [-0.4, -0.2) is 29.2 Å². The summed E-state index contributed by atoms with van der Waals surface area (Å²) in [5, 5.41) is 0. The minimum atomic E-state index is -0.440. The van der Waals surface area contributed by atoms with E-state index >= 15 is 0 Å². The Labute approximate surface area is 104 Å². The average Bonchev–Trinajstić information content (AvgIpc) is 2.25. The van der Waals surface area contributed by atoms with Crippen LogP contribution in [0.15, 0.2) is 17.9 Å². The van der Waals surface area contributed by atoms with Crippen LogP contribution in [0.5, 0.6) is 0 Å². The van der Waals surface area contributed by atoms with Crippen LogP contribution < -0.4 is 0 Å². The minimum Gasteiger partial charge on any atom is -0.444 e. The Morgan fingerprint density at radius 3 is 2.59 bits per heavy atom. The summed E-state index contributed by atoms with van der Waals surface area (Å²) in [5.74, 6) is 0. The van der Waals surface area contributed by atoms with Gasteiger partial charge in [0.25, 0.3) is 0 Å². The molecule has 1 rings (SSSR count). The fourth-order valence-electron chi connectivity index (χ4n) is 2.04. The molecule has 0 bridgehead atoms. The molecule has 1 unspecified atom stereocenters. The van der Waals surface area contributed by atoms with Crippen molar-refractivity contribution in [2.24, 2.45) is 0 Å². The summed E-state index contributed by atoms with van der Waals surface area (Å²) >= 11 is 0. The number of hydrogen-bond acceptors (Lipinski definition) is 2. The van der Waals surface area contributed by atoms with Crippen molar-refractivity contribution in [2.75, 3.05) is 6.54 Å². The Morgan fingerprint density at radius 1 is 1.41 bits per heavy atom. The molecule has 0 aromatic rings. The van der Waals surface area contributed by atoms with Crippen molar-refractivity contribution in [2.45, 2.75) is 58.6 Å². The highest BCUT2D eigenvalue weighted by Crippen LogP contribution is 2.24. The second kappa shape index (κ2) is 5.42. The number of hydrogen-bond donors (Lipinski definition) is 0. The number of likely N-dealkylation sites (tertiary alicyclic amines) is 1. The molecule has 0 radical (unpaired) electrons. The van der Waals surface area contributed by atoms with E-state index in [9.17, 15) is 4.79 Å². The zero-order valence-electron chi connectivity index (χ0n) is 11.4. The van der Waals surface area contributed by atoms with E-state index in [1.807, 2.05) is 32.6 Å². The highest BCUT2D eigenvalue weighted by atomic mass is 16.6. The summed E-state index contributed by atoms with van der Waals surface area (Å²) in [7, 11) is 0. The van der Waals surface area contributed by atoms with Crippen LogP contribution in [0.25, 0.3) is 0 Å². The van der Waals surface area contributed by atoms with Crippen LogP contribution >= 0.6 is 0 Å². The number of nitrogens with zero attached hydrogens (tertiary/aromatic N) is 1. The van der Waals surface area contributed by atoms with Gasteiger partial charge < -0.3 is 9.64 Å². The topological polar surface area (TPSA) is 29.5 Å². The molecule has 96 valence electrons. The molecule has 1 atom stereocenters. The SMILES string of the molecule is C=C=C(C)C1CCCCN1C(=O)OC(C)(C)C. The van der Waals surface area contributed by atoms with Crippen LogP contribution in [0.2, 0.25) is 0 Å². The van der Waals surface area contributed by atoms with Gasteiger partial charge in [0.2, 0.25) is 0 Å². The summed E-state index contributed by atoms with van der Waals surface area (Å²) < 4.78 is 5.43. The van der Waals surface area contributed by atoms with Gasteiger partial charge in [0.05, 0.1) is 6.04 Å². The first-order valence-electron chi connectivity index (χ1n) is 6.21. The molecule has 3 heteroatoms. The van der Waals surface area contributed by atoms with Gasteiger partial charge in [-0.25, -0.2) is 4.79 Å². The molecule has 0 aliphatic carbocycles. The van der Waals surface area contributed by atoms with Crippen molar-refractivity contribution < 1.29 is 9.53 Å².